The summed E-state index contributed by atoms with van der Waals surface area (Å²) in [5.74, 6) is 1.35. The molecule has 1 amide bonds. The van der Waals surface area contributed by atoms with Crippen LogP contribution in [0.25, 0.3) is 5.69 Å². The number of amides is 1. The summed E-state index contributed by atoms with van der Waals surface area (Å²) in [4.78, 5) is 17.0. The Morgan fingerprint density at radius 1 is 1.14 bits per heavy atom. The lowest BCUT2D eigenvalue weighted by Gasteiger charge is -2.33. The van der Waals surface area contributed by atoms with Crippen LogP contribution in [0.4, 0.5) is 5.95 Å². The summed E-state index contributed by atoms with van der Waals surface area (Å²) in [5.41, 5.74) is 0.859. The molecular formula is C20H26ClN5OS. The zero-order valence-electron chi connectivity index (χ0n) is 16.2. The van der Waals surface area contributed by atoms with Gasteiger partial charge in [-0.15, -0.1) is 10.2 Å². The van der Waals surface area contributed by atoms with Crippen molar-refractivity contribution in [1.29, 1.82) is 0 Å². The molecule has 2 fully saturated rings. The maximum Gasteiger partial charge on any atom is 0.233 e. The second-order valence-corrected chi connectivity index (χ2v) is 8.83. The van der Waals surface area contributed by atoms with Gasteiger partial charge in [0.25, 0.3) is 0 Å². The highest BCUT2D eigenvalue weighted by molar-refractivity contribution is 7.99. The van der Waals surface area contributed by atoms with Crippen molar-refractivity contribution in [3.63, 3.8) is 0 Å². The minimum absolute atomic E-state index is 0.175. The number of nitrogens with zero attached hydrogens (tertiary/aromatic N) is 5. The molecule has 150 valence electrons. The van der Waals surface area contributed by atoms with Crippen molar-refractivity contribution in [2.75, 3.05) is 30.3 Å². The van der Waals surface area contributed by atoms with E-state index in [1.807, 2.05) is 33.7 Å². The molecular weight excluding hydrogens is 394 g/mol. The summed E-state index contributed by atoms with van der Waals surface area (Å²) in [7, 11) is 0. The van der Waals surface area contributed by atoms with Crippen LogP contribution in [0.15, 0.2) is 29.4 Å². The second-order valence-electron chi connectivity index (χ2n) is 7.48. The summed E-state index contributed by atoms with van der Waals surface area (Å²) in [5, 5.41) is 10.2. The summed E-state index contributed by atoms with van der Waals surface area (Å²) in [6.45, 7) is 4.94. The average molecular weight is 420 g/mol. The van der Waals surface area contributed by atoms with Crippen molar-refractivity contribution >= 4 is 35.2 Å². The molecule has 2 aliphatic heterocycles. The Balaban J connectivity index is 1.58. The minimum Gasteiger partial charge on any atom is -0.341 e. The SMILES string of the molecule is C[C@@H]1CCCCN1C(=O)CSc1nnc(N2CCCC2)n1-c1ccccc1Cl. The molecule has 28 heavy (non-hydrogen) atoms. The van der Waals surface area contributed by atoms with Crippen LogP contribution in [0, 0.1) is 0 Å². The Morgan fingerprint density at radius 2 is 1.89 bits per heavy atom. The summed E-state index contributed by atoms with van der Waals surface area (Å²) < 4.78 is 2.01. The first-order chi connectivity index (χ1) is 13.6. The number of thioether (sulfide) groups is 1. The number of benzene rings is 1. The third kappa shape index (κ3) is 4.01. The van der Waals surface area contributed by atoms with Crippen LogP contribution in [0.2, 0.25) is 5.02 Å². The lowest BCUT2D eigenvalue weighted by molar-refractivity contribution is -0.131. The van der Waals surface area contributed by atoms with Crippen LogP contribution in [-0.4, -0.2) is 57.0 Å². The van der Waals surface area contributed by atoms with Crippen molar-refractivity contribution in [1.82, 2.24) is 19.7 Å². The predicted octanol–water partition coefficient (Wildman–Crippen LogP) is 4.01. The monoisotopic (exact) mass is 419 g/mol. The highest BCUT2D eigenvalue weighted by Crippen LogP contribution is 2.32. The van der Waals surface area contributed by atoms with Gasteiger partial charge in [-0.2, -0.15) is 0 Å². The summed E-state index contributed by atoms with van der Waals surface area (Å²) >= 11 is 7.94. The van der Waals surface area contributed by atoms with Gasteiger partial charge in [-0.05, 0) is 51.2 Å². The fourth-order valence-electron chi connectivity index (χ4n) is 4.00. The van der Waals surface area contributed by atoms with Gasteiger partial charge >= 0.3 is 0 Å². The standard InChI is InChI=1S/C20H26ClN5OS/c1-15-8-4-5-13-25(15)18(27)14-28-20-23-22-19(24-11-6-7-12-24)26(20)17-10-3-2-9-16(17)21/h2-3,9-10,15H,4-8,11-14H2,1H3/t15-/m1/s1. The number of para-hydroxylation sites is 1. The first kappa shape index (κ1) is 19.6. The van der Waals surface area contributed by atoms with E-state index >= 15 is 0 Å². The van der Waals surface area contributed by atoms with E-state index in [0.29, 0.717) is 22.0 Å². The van der Waals surface area contributed by atoms with Crippen LogP contribution in [0.3, 0.4) is 0 Å². The molecule has 2 aliphatic rings. The Bertz CT molecular complexity index is 836. The van der Waals surface area contributed by atoms with Gasteiger partial charge in [0.05, 0.1) is 16.5 Å². The van der Waals surface area contributed by atoms with Crippen molar-refractivity contribution < 1.29 is 4.79 Å². The van der Waals surface area contributed by atoms with Gasteiger partial charge in [0.1, 0.15) is 0 Å². The Hall–Kier alpha value is -1.73. The zero-order valence-corrected chi connectivity index (χ0v) is 17.8. The maximum absolute atomic E-state index is 12.8. The molecule has 2 saturated heterocycles. The maximum atomic E-state index is 12.8. The molecule has 4 rings (SSSR count). The minimum atomic E-state index is 0.175. The van der Waals surface area contributed by atoms with Crippen LogP contribution in [-0.2, 0) is 4.79 Å². The molecule has 1 atom stereocenters. The third-order valence-electron chi connectivity index (χ3n) is 5.55. The number of piperidine rings is 1. The van der Waals surface area contributed by atoms with E-state index in [1.165, 1.54) is 18.2 Å². The summed E-state index contributed by atoms with van der Waals surface area (Å²) in [6, 6.07) is 8.05. The van der Waals surface area contributed by atoms with E-state index in [9.17, 15) is 4.79 Å². The number of rotatable bonds is 5. The van der Waals surface area contributed by atoms with E-state index < -0.39 is 0 Å². The number of hydrogen-bond donors (Lipinski definition) is 0. The van der Waals surface area contributed by atoms with Gasteiger partial charge in [0.2, 0.25) is 11.9 Å². The van der Waals surface area contributed by atoms with Crippen LogP contribution < -0.4 is 4.90 Å². The van der Waals surface area contributed by atoms with Crippen molar-refractivity contribution in [2.24, 2.45) is 0 Å². The van der Waals surface area contributed by atoms with Gasteiger partial charge in [-0.25, -0.2) is 0 Å². The predicted molar refractivity (Wildman–Crippen MR) is 114 cm³/mol. The quantitative estimate of drug-likeness (QED) is 0.685. The number of hydrogen-bond acceptors (Lipinski definition) is 5. The van der Waals surface area contributed by atoms with Crippen molar-refractivity contribution in [2.45, 2.75) is 50.2 Å². The molecule has 0 N–H and O–H groups in total. The largest absolute Gasteiger partial charge is 0.341 e. The summed E-state index contributed by atoms with van der Waals surface area (Å²) in [6.07, 6.45) is 5.70. The number of likely N-dealkylation sites (tertiary alicyclic amines) is 1. The van der Waals surface area contributed by atoms with Gasteiger partial charge in [0.15, 0.2) is 5.16 Å². The van der Waals surface area contributed by atoms with Crippen LogP contribution in [0.1, 0.15) is 39.0 Å². The van der Waals surface area contributed by atoms with Crippen LogP contribution in [0.5, 0.6) is 0 Å². The normalized spacial score (nSPS) is 20.0. The lowest BCUT2D eigenvalue weighted by Crippen LogP contribution is -2.43. The van der Waals surface area contributed by atoms with Crippen molar-refractivity contribution in [3.8, 4) is 5.69 Å². The average Bonchev–Trinajstić information content (AvgIpc) is 3.36. The fraction of sp³-hybridized carbons (Fsp3) is 0.550. The first-order valence-corrected chi connectivity index (χ1v) is 11.4. The molecule has 8 heteroatoms. The number of anilines is 1. The molecule has 3 heterocycles. The lowest BCUT2D eigenvalue weighted by atomic mass is 10.0. The fourth-order valence-corrected chi connectivity index (χ4v) is 5.05. The van der Waals surface area contributed by atoms with Crippen molar-refractivity contribution in [3.05, 3.63) is 29.3 Å². The van der Waals surface area contributed by atoms with E-state index in [0.717, 1.165) is 57.0 Å². The highest BCUT2D eigenvalue weighted by atomic mass is 35.5. The highest BCUT2D eigenvalue weighted by Gasteiger charge is 2.26. The molecule has 2 aromatic rings. The molecule has 0 aliphatic carbocycles. The topological polar surface area (TPSA) is 54.3 Å². The smallest absolute Gasteiger partial charge is 0.233 e. The van der Waals surface area contributed by atoms with Gasteiger partial charge in [-0.3, -0.25) is 9.36 Å². The molecule has 0 radical (unpaired) electrons. The Morgan fingerprint density at radius 3 is 2.64 bits per heavy atom. The van der Waals surface area contributed by atoms with Gasteiger partial charge < -0.3 is 9.80 Å². The molecule has 0 saturated carbocycles. The van der Waals surface area contributed by atoms with E-state index in [-0.39, 0.29) is 5.91 Å². The van der Waals surface area contributed by atoms with E-state index in [1.54, 1.807) is 0 Å². The molecule has 1 aromatic heterocycles. The van der Waals surface area contributed by atoms with Gasteiger partial charge in [-0.1, -0.05) is 35.5 Å². The third-order valence-corrected chi connectivity index (χ3v) is 6.78. The number of aromatic nitrogens is 3. The number of halogens is 1. The van der Waals surface area contributed by atoms with Crippen LogP contribution >= 0.6 is 23.4 Å². The molecule has 0 bridgehead atoms. The Labute approximate surface area is 175 Å². The second kappa shape index (κ2) is 8.74. The number of carbonyl (C=O) groups excluding carboxylic acids is 1. The van der Waals surface area contributed by atoms with E-state index in [2.05, 4.69) is 22.0 Å². The molecule has 0 unspecified atom stereocenters. The first-order valence-electron chi connectivity index (χ1n) is 10.0. The molecule has 0 spiro atoms. The Kier molecular flexibility index (Phi) is 6.11. The number of carbonyl (C=O) groups is 1. The zero-order chi connectivity index (χ0) is 19.5. The van der Waals surface area contributed by atoms with Gasteiger partial charge in [0, 0.05) is 25.7 Å². The molecule has 6 nitrogen and oxygen atoms in total. The molecule has 1 aromatic carbocycles. The van der Waals surface area contributed by atoms with E-state index in [4.69, 9.17) is 11.6 Å².